The number of methoxy groups -OCH3 is 1. The van der Waals surface area contributed by atoms with Crippen LogP contribution < -0.4 is 10.1 Å². The van der Waals surface area contributed by atoms with Crippen molar-refractivity contribution in [1.82, 2.24) is 4.90 Å². The zero-order chi connectivity index (χ0) is 20.0. The van der Waals surface area contributed by atoms with Crippen LogP contribution in [0.4, 0.5) is 5.69 Å². The zero-order valence-corrected chi connectivity index (χ0v) is 18.2. The standard InChI is InChI=1S/C23H31N3O2S/c1-26-19(10-21(27)24-18-3-5-20(28-2)6-4-18)14-29-22(26)25-23-11-15-7-16(12-23)9-17(8-15)13-23/h3-6,15-17,19H,7-14H2,1-2H3,(H,24,27). The minimum atomic E-state index is 0.0590. The average molecular weight is 414 g/mol. The molecule has 1 aliphatic heterocycles. The number of ether oxygens (including phenoxy) is 1. The molecule has 29 heavy (non-hydrogen) atoms. The first-order chi connectivity index (χ1) is 14.0. The van der Waals surface area contributed by atoms with E-state index in [1.54, 1.807) is 7.11 Å². The third-order valence-electron chi connectivity index (χ3n) is 7.39. The summed E-state index contributed by atoms with van der Waals surface area (Å²) in [4.78, 5) is 20.2. The van der Waals surface area contributed by atoms with Crippen LogP contribution in [-0.2, 0) is 4.79 Å². The van der Waals surface area contributed by atoms with Crippen molar-refractivity contribution in [2.45, 2.75) is 56.5 Å². The van der Waals surface area contributed by atoms with Crippen LogP contribution in [0.3, 0.4) is 0 Å². The molecule has 1 atom stereocenters. The maximum absolute atomic E-state index is 12.6. The van der Waals surface area contributed by atoms with Crippen molar-refractivity contribution in [1.29, 1.82) is 0 Å². The number of nitrogens with zero attached hydrogens (tertiary/aromatic N) is 2. The van der Waals surface area contributed by atoms with Crippen LogP contribution in [0.2, 0.25) is 0 Å². The first-order valence-electron chi connectivity index (χ1n) is 10.9. The monoisotopic (exact) mass is 413 g/mol. The van der Waals surface area contributed by atoms with Crippen molar-refractivity contribution in [3.8, 4) is 5.75 Å². The molecule has 156 valence electrons. The van der Waals surface area contributed by atoms with Crippen LogP contribution in [-0.4, -0.2) is 47.5 Å². The highest BCUT2D eigenvalue weighted by molar-refractivity contribution is 8.14. The van der Waals surface area contributed by atoms with Gasteiger partial charge in [-0.05, 0) is 80.5 Å². The Balaban J connectivity index is 1.21. The number of rotatable bonds is 5. The molecule has 6 heteroatoms. The molecule has 4 aliphatic carbocycles. The van der Waals surface area contributed by atoms with E-state index in [-0.39, 0.29) is 17.5 Å². The van der Waals surface area contributed by atoms with Gasteiger partial charge in [0.25, 0.3) is 0 Å². The van der Waals surface area contributed by atoms with Gasteiger partial charge in [0.15, 0.2) is 5.17 Å². The summed E-state index contributed by atoms with van der Waals surface area (Å²) in [7, 11) is 3.76. The van der Waals surface area contributed by atoms with Crippen LogP contribution in [0.5, 0.6) is 5.75 Å². The minimum Gasteiger partial charge on any atom is -0.497 e. The summed E-state index contributed by atoms with van der Waals surface area (Å²) in [6, 6.07) is 7.70. The van der Waals surface area contributed by atoms with Crippen molar-refractivity contribution >= 4 is 28.5 Å². The van der Waals surface area contributed by atoms with Crippen LogP contribution in [0.1, 0.15) is 44.9 Å². The average Bonchev–Trinajstić information content (AvgIpc) is 3.00. The summed E-state index contributed by atoms with van der Waals surface area (Å²) in [5.41, 5.74) is 1.01. The lowest BCUT2D eigenvalue weighted by atomic mass is 9.53. The second kappa shape index (κ2) is 7.53. The van der Waals surface area contributed by atoms with Crippen molar-refractivity contribution in [3.63, 3.8) is 0 Å². The quantitative estimate of drug-likeness (QED) is 0.778. The van der Waals surface area contributed by atoms with Gasteiger partial charge in [0, 0.05) is 31.0 Å². The van der Waals surface area contributed by atoms with E-state index in [9.17, 15) is 4.79 Å². The van der Waals surface area contributed by atoms with Crippen molar-refractivity contribution in [2.24, 2.45) is 22.7 Å². The molecule has 0 radical (unpaired) electrons. The van der Waals surface area contributed by atoms with Gasteiger partial charge in [-0.3, -0.25) is 9.79 Å². The molecule has 5 nitrogen and oxygen atoms in total. The Hall–Kier alpha value is -1.69. The highest BCUT2D eigenvalue weighted by Crippen LogP contribution is 2.57. The third-order valence-corrected chi connectivity index (χ3v) is 8.58. The molecule has 6 rings (SSSR count). The smallest absolute Gasteiger partial charge is 0.226 e. The molecular weight excluding hydrogens is 382 g/mol. The van der Waals surface area contributed by atoms with Crippen molar-refractivity contribution < 1.29 is 9.53 Å². The first-order valence-corrected chi connectivity index (χ1v) is 11.9. The molecular formula is C23H31N3O2S. The molecule has 4 bridgehead atoms. The van der Waals surface area contributed by atoms with Crippen LogP contribution in [0.25, 0.3) is 0 Å². The number of carbonyl (C=O) groups is 1. The second-order valence-corrected chi connectivity index (χ2v) is 10.6. The van der Waals surface area contributed by atoms with Gasteiger partial charge in [0.1, 0.15) is 5.75 Å². The third kappa shape index (κ3) is 3.88. The molecule has 1 amide bonds. The second-order valence-electron chi connectivity index (χ2n) is 9.59. The number of thioether (sulfide) groups is 1. The van der Waals surface area contributed by atoms with Crippen LogP contribution >= 0.6 is 11.8 Å². The number of hydrogen-bond donors (Lipinski definition) is 1. The number of anilines is 1. The maximum Gasteiger partial charge on any atom is 0.226 e. The maximum atomic E-state index is 12.6. The van der Waals surface area contributed by atoms with Crippen LogP contribution in [0, 0.1) is 17.8 Å². The van der Waals surface area contributed by atoms with Gasteiger partial charge in [0.05, 0.1) is 12.6 Å². The Morgan fingerprint density at radius 2 is 1.79 bits per heavy atom. The van der Waals surface area contributed by atoms with E-state index in [1.807, 2.05) is 36.0 Å². The molecule has 4 saturated carbocycles. The molecule has 1 saturated heterocycles. The Kier molecular flexibility index (Phi) is 5.01. The minimum absolute atomic E-state index is 0.0590. The lowest BCUT2D eigenvalue weighted by molar-refractivity contribution is -0.116. The molecule has 1 aromatic carbocycles. The number of amidine groups is 1. The number of nitrogens with one attached hydrogen (secondary N) is 1. The van der Waals surface area contributed by atoms with Crippen molar-refractivity contribution in [2.75, 3.05) is 25.2 Å². The Bertz CT molecular complexity index is 772. The van der Waals surface area contributed by atoms with Crippen molar-refractivity contribution in [3.05, 3.63) is 24.3 Å². The van der Waals surface area contributed by atoms with Gasteiger partial charge in [-0.15, -0.1) is 0 Å². The topological polar surface area (TPSA) is 53.9 Å². The van der Waals surface area contributed by atoms with Gasteiger partial charge < -0.3 is 15.0 Å². The summed E-state index contributed by atoms with van der Waals surface area (Å²) in [5.74, 6) is 4.52. The highest BCUT2D eigenvalue weighted by Gasteiger charge is 2.51. The van der Waals surface area contributed by atoms with Gasteiger partial charge >= 0.3 is 0 Å². The largest absolute Gasteiger partial charge is 0.497 e. The fourth-order valence-electron chi connectivity index (χ4n) is 6.35. The highest BCUT2D eigenvalue weighted by atomic mass is 32.2. The number of aliphatic imine (C=N–C) groups is 1. The Morgan fingerprint density at radius 1 is 1.17 bits per heavy atom. The summed E-state index contributed by atoms with van der Waals surface area (Å²) < 4.78 is 5.17. The van der Waals surface area contributed by atoms with E-state index in [1.165, 1.54) is 38.5 Å². The van der Waals surface area contributed by atoms with E-state index in [0.29, 0.717) is 6.42 Å². The lowest BCUT2D eigenvalue weighted by Gasteiger charge is -2.55. The lowest BCUT2D eigenvalue weighted by Crippen LogP contribution is -2.50. The predicted molar refractivity (Wildman–Crippen MR) is 119 cm³/mol. The summed E-state index contributed by atoms with van der Waals surface area (Å²) in [6.45, 7) is 0. The molecule has 1 unspecified atom stereocenters. The van der Waals surface area contributed by atoms with Gasteiger partial charge in [0.2, 0.25) is 5.91 Å². The normalized spacial score (nSPS) is 36.6. The Morgan fingerprint density at radius 3 is 2.38 bits per heavy atom. The molecule has 5 aliphatic rings. The molecule has 1 heterocycles. The van der Waals surface area contributed by atoms with E-state index < -0.39 is 0 Å². The first kappa shape index (κ1) is 19.3. The summed E-state index contributed by atoms with van der Waals surface area (Å²) in [5, 5.41) is 4.17. The van der Waals surface area contributed by atoms with Gasteiger partial charge in [-0.2, -0.15) is 0 Å². The molecule has 1 N–H and O–H groups in total. The van der Waals surface area contributed by atoms with E-state index >= 15 is 0 Å². The SMILES string of the molecule is COc1ccc(NC(=O)CC2CSC(=NC34CC5CC(CC(C5)C3)C4)N2C)cc1. The molecule has 1 aromatic rings. The van der Waals surface area contributed by atoms with E-state index in [4.69, 9.17) is 9.73 Å². The summed E-state index contributed by atoms with van der Waals surface area (Å²) in [6.07, 6.45) is 8.71. The van der Waals surface area contributed by atoms with Gasteiger partial charge in [-0.1, -0.05) is 11.8 Å². The van der Waals surface area contributed by atoms with E-state index in [2.05, 4.69) is 17.3 Å². The molecule has 0 spiro atoms. The predicted octanol–water partition coefficient (Wildman–Crippen LogP) is 4.40. The Labute approximate surface area is 177 Å². The fourth-order valence-corrected chi connectivity index (χ4v) is 7.65. The number of carbonyl (C=O) groups excluding carboxylic acids is 1. The summed E-state index contributed by atoms with van der Waals surface area (Å²) >= 11 is 1.84. The molecule has 0 aromatic heterocycles. The number of benzene rings is 1. The zero-order valence-electron chi connectivity index (χ0n) is 17.4. The van der Waals surface area contributed by atoms with Crippen LogP contribution in [0.15, 0.2) is 29.3 Å². The number of hydrogen-bond acceptors (Lipinski definition) is 4. The van der Waals surface area contributed by atoms with Gasteiger partial charge in [-0.25, -0.2) is 0 Å². The molecule has 5 fully saturated rings. The van der Waals surface area contributed by atoms with E-state index in [0.717, 1.165) is 40.1 Å². The fraction of sp³-hybridized carbons (Fsp3) is 0.652. The number of amides is 1.